The number of anilines is 1. The fourth-order valence-corrected chi connectivity index (χ4v) is 5.09. The Morgan fingerprint density at radius 2 is 1.12 bits per heavy atom. The van der Waals surface area contributed by atoms with E-state index < -0.39 is 0 Å². The Kier molecular flexibility index (Phi) is 18.3. The highest BCUT2D eigenvalue weighted by Gasteiger charge is 2.11. The van der Waals surface area contributed by atoms with Gasteiger partial charge >= 0.3 is 5.97 Å². The predicted molar refractivity (Wildman–Crippen MR) is 171 cm³/mol. The third-order valence-corrected chi connectivity index (χ3v) is 7.75. The van der Waals surface area contributed by atoms with Gasteiger partial charge in [-0.2, -0.15) is 0 Å². The van der Waals surface area contributed by atoms with Crippen molar-refractivity contribution in [3.05, 3.63) is 59.2 Å². The van der Waals surface area contributed by atoms with Crippen LogP contribution in [-0.2, 0) is 11.2 Å². The van der Waals surface area contributed by atoms with Crippen molar-refractivity contribution in [1.82, 2.24) is 0 Å². The molecule has 228 valence electrons. The number of rotatable bonds is 23. The van der Waals surface area contributed by atoms with Gasteiger partial charge in [-0.3, -0.25) is 4.79 Å². The number of amides is 1. The summed E-state index contributed by atoms with van der Waals surface area (Å²) in [5, 5.41) is 12.9. The first-order chi connectivity index (χ1) is 20.0. The summed E-state index contributed by atoms with van der Waals surface area (Å²) in [6.45, 7) is 4.81. The van der Waals surface area contributed by atoms with E-state index in [0.29, 0.717) is 23.4 Å². The predicted octanol–water partition coefficient (Wildman–Crippen LogP) is 10.4. The van der Waals surface area contributed by atoms with E-state index in [2.05, 4.69) is 19.2 Å². The Balaban J connectivity index is 1.52. The monoisotopic (exact) mass is 565 g/mol. The number of aromatic hydroxyl groups is 1. The Bertz CT molecular complexity index is 986. The van der Waals surface area contributed by atoms with Crippen molar-refractivity contribution < 1.29 is 19.4 Å². The molecule has 0 aliphatic heterocycles. The average Bonchev–Trinajstić information content (AvgIpc) is 2.99. The van der Waals surface area contributed by atoms with Gasteiger partial charge in [-0.1, -0.05) is 117 Å². The summed E-state index contributed by atoms with van der Waals surface area (Å²) < 4.78 is 5.44. The van der Waals surface area contributed by atoms with Gasteiger partial charge in [0.25, 0.3) is 5.91 Å². The van der Waals surface area contributed by atoms with Gasteiger partial charge in [-0.25, -0.2) is 4.79 Å². The highest BCUT2D eigenvalue weighted by Crippen LogP contribution is 2.24. The Hall–Kier alpha value is -2.82. The molecule has 2 aromatic rings. The molecule has 0 atom stereocenters. The molecular formula is C36H55NO4. The smallest absolute Gasteiger partial charge is 0.338 e. The van der Waals surface area contributed by atoms with Crippen LogP contribution in [0.2, 0.25) is 0 Å². The molecule has 0 spiro atoms. The summed E-state index contributed by atoms with van der Waals surface area (Å²) in [6.07, 6.45) is 23.8. The zero-order valence-electron chi connectivity index (χ0n) is 25.9. The van der Waals surface area contributed by atoms with Crippen LogP contribution in [0.5, 0.6) is 5.75 Å². The fraction of sp³-hybridized carbons (Fsp3) is 0.611. The van der Waals surface area contributed by atoms with Crippen LogP contribution in [0.25, 0.3) is 0 Å². The molecule has 0 aromatic heterocycles. The number of benzene rings is 2. The zero-order valence-corrected chi connectivity index (χ0v) is 25.9. The highest BCUT2D eigenvalue weighted by atomic mass is 16.5. The highest BCUT2D eigenvalue weighted by molar-refractivity contribution is 6.04. The average molecular weight is 566 g/mol. The van der Waals surface area contributed by atoms with Crippen LogP contribution in [0.3, 0.4) is 0 Å². The van der Waals surface area contributed by atoms with Gasteiger partial charge < -0.3 is 15.2 Å². The summed E-state index contributed by atoms with van der Waals surface area (Å²) in [5.41, 5.74) is 2.38. The lowest BCUT2D eigenvalue weighted by Crippen LogP contribution is -2.13. The van der Waals surface area contributed by atoms with Crippen molar-refractivity contribution in [2.45, 2.75) is 136 Å². The minimum Gasteiger partial charge on any atom is -0.508 e. The molecule has 2 aromatic carbocycles. The second kappa shape index (κ2) is 21.9. The number of carbonyl (C=O) groups is 2. The molecule has 0 heterocycles. The number of unbranched alkanes of at least 4 members (excludes halogenated alkanes) is 16. The first kappa shape index (κ1) is 34.4. The molecule has 41 heavy (non-hydrogen) atoms. The molecule has 5 nitrogen and oxygen atoms in total. The van der Waals surface area contributed by atoms with Crippen molar-refractivity contribution in [3.8, 4) is 5.75 Å². The molecule has 0 aliphatic rings. The minimum absolute atomic E-state index is 0.249. The van der Waals surface area contributed by atoms with Crippen molar-refractivity contribution in [1.29, 1.82) is 0 Å². The number of nitrogens with one attached hydrogen (secondary N) is 1. The second-order valence-electron chi connectivity index (χ2n) is 11.4. The van der Waals surface area contributed by atoms with Gasteiger partial charge in [0.1, 0.15) is 5.75 Å². The van der Waals surface area contributed by atoms with Gasteiger partial charge in [0.05, 0.1) is 12.2 Å². The van der Waals surface area contributed by atoms with E-state index in [1.165, 1.54) is 89.9 Å². The normalized spacial score (nSPS) is 11.0. The summed E-state index contributed by atoms with van der Waals surface area (Å²) in [4.78, 5) is 25.0. The van der Waals surface area contributed by atoms with Gasteiger partial charge in [-0.15, -0.1) is 0 Å². The number of aryl methyl sites for hydroxylation is 1. The number of hydrogen-bond donors (Lipinski definition) is 2. The summed E-state index contributed by atoms with van der Waals surface area (Å²) in [6, 6.07) is 11.7. The molecule has 0 saturated carbocycles. The Morgan fingerprint density at radius 3 is 1.66 bits per heavy atom. The van der Waals surface area contributed by atoms with Gasteiger partial charge in [0.15, 0.2) is 0 Å². The maximum atomic E-state index is 12.7. The second-order valence-corrected chi connectivity index (χ2v) is 11.4. The molecular weight excluding hydrogens is 510 g/mol. The molecule has 1 amide bonds. The van der Waals surface area contributed by atoms with Crippen LogP contribution in [0.15, 0.2) is 42.5 Å². The largest absolute Gasteiger partial charge is 0.508 e. The number of carbonyl (C=O) groups excluding carboxylic acids is 2. The number of phenols is 1. The SMILES string of the molecule is CCCCCCCCCCCCCCCCCCOC(=O)c1ccc(C(=O)Nc2ccc(O)c(CCCC)c2)cc1. The van der Waals surface area contributed by atoms with Crippen LogP contribution in [0.4, 0.5) is 5.69 Å². The summed E-state index contributed by atoms with van der Waals surface area (Å²) in [7, 11) is 0. The van der Waals surface area contributed by atoms with Gasteiger partial charge in [0, 0.05) is 11.3 Å². The third-order valence-electron chi connectivity index (χ3n) is 7.75. The molecule has 2 N–H and O–H groups in total. The van der Waals surface area contributed by atoms with Crippen LogP contribution < -0.4 is 5.32 Å². The van der Waals surface area contributed by atoms with Crippen LogP contribution in [0, 0.1) is 0 Å². The summed E-state index contributed by atoms with van der Waals surface area (Å²) >= 11 is 0. The molecule has 2 rings (SSSR count). The van der Waals surface area contributed by atoms with Gasteiger partial charge in [-0.05, 0) is 67.3 Å². The van der Waals surface area contributed by atoms with E-state index in [0.717, 1.165) is 37.7 Å². The number of hydrogen-bond acceptors (Lipinski definition) is 4. The van der Waals surface area contributed by atoms with Gasteiger partial charge in [0.2, 0.25) is 0 Å². The third kappa shape index (κ3) is 15.1. The Labute approximate surface area is 249 Å². The number of phenolic OH excluding ortho intramolecular Hbond substituents is 1. The molecule has 5 heteroatoms. The molecule has 0 unspecified atom stereocenters. The lowest BCUT2D eigenvalue weighted by Gasteiger charge is -2.10. The zero-order chi connectivity index (χ0) is 29.5. The lowest BCUT2D eigenvalue weighted by molar-refractivity contribution is 0.0497. The maximum Gasteiger partial charge on any atom is 0.338 e. The quantitative estimate of drug-likeness (QED) is 0.0798. The fourth-order valence-electron chi connectivity index (χ4n) is 5.09. The number of ether oxygens (including phenoxy) is 1. The van der Waals surface area contributed by atoms with Crippen molar-refractivity contribution >= 4 is 17.6 Å². The minimum atomic E-state index is -0.350. The molecule has 0 saturated heterocycles. The van der Waals surface area contributed by atoms with Crippen LogP contribution in [0.1, 0.15) is 156 Å². The molecule has 0 radical (unpaired) electrons. The van der Waals surface area contributed by atoms with E-state index in [1.807, 2.05) is 6.07 Å². The molecule has 0 aliphatic carbocycles. The number of esters is 1. The molecule has 0 fully saturated rings. The molecule has 0 bridgehead atoms. The maximum absolute atomic E-state index is 12.7. The van der Waals surface area contributed by atoms with Crippen molar-refractivity contribution in [2.24, 2.45) is 0 Å². The van der Waals surface area contributed by atoms with Crippen LogP contribution >= 0.6 is 0 Å². The van der Waals surface area contributed by atoms with E-state index in [-0.39, 0.29) is 17.6 Å². The topological polar surface area (TPSA) is 75.6 Å². The Morgan fingerprint density at radius 1 is 0.634 bits per heavy atom. The van der Waals surface area contributed by atoms with Crippen molar-refractivity contribution in [3.63, 3.8) is 0 Å². The summed E-state index contributed by atoms with van der Waals surface area (Å²) in [5.74, 6) is -0.360. The van der Waals surface area contributed by atoms with E-state index in [1.54, 1.807) is 36.4 Å². The standard InChI is InChI=1S/C36H55NO4/c1-3-5-7-8-9-10-11-12-13-14-15-16-17-18-19-20-28-41-36(40)31-24-22-30(23-25-31)35(39)37-33-26-27-34(38)32(29-33)21-6-4-2/h22-27,29,38H,3-21,28H2,1-2H3,(H,37,39). The van der Waals surface area contributed by atoms with E-state index in [9.17, 15) is 14.7 Å². The van der Waals surface area contributed by atoms with Crippen molar-refractivity contribution in [2.75, 3.05) is 11.9 Å². The van der Waals surface area contributed by atoms with Crippen LogP contribution in [-0.4, -0.2) is 23.6 Å². The van der Waals surface area contributed by atoms with E-state index >= 15 is 0 Å². The first-order valence-corrected chi connectivity index (χ1v) is 16.5. The lowest BCUT2D eigenvalue weighted by atomic mass is 10.0. The first-order valence-electron chi connectivity index (χ1n) is 16.5. The van der Waals surface area contributed by atoms with E-state index in [4.69, 9.17) is 4.74 Å².